The highest BCUT2D eigenvalue weighted by Crippen LogP contribution is 2.44. The maximum absolute atomic E-state index is 12.9. The van der Waals surface area contributed by atoms with E-state index in [-0.39, 0.29) is 31.4 Å². The van der Waals surface area contributed by atoms with Gasteiger partial charge in [0.05, 0.1) is 6.10 Å². The van der Waals surface area contributed by atoms with Crippen molar-refractivity contribution >= 4 is 18.0 Å². The molecule has 2 aromatic carbocycles. The largest absolute Gasteiger partial charge is 0.481 e. The summed E-state index contributed by atoms with van der Waals surface area (Å²) in [6.07, 6.45) is -1.03. The molecule has 8 nitrogen and oxygen atoms in total. The Morgan fingerprint density at radius 2 is 1.64 bits per heavy atom. The van der Waals surface area contributed by atoms with Gasteiger partial charge in [-0.15, -0.1) is 0 Å². The van der Waals surface area contributed by atoms with Crippen LogP contribution in [0.15, 0.2) is 48.5 Å². The van der Waals surface area contributed by atoms with E-state index in [0.717, 1.165) is 22.3 Å². The lowest BCUT2D eigenvalue weighted by atomic mass is 9.98. The number of hydrogen-bond donors (Lipinski definition) is 2. The monoisotopic (exact) mass is 454 g/mol. The first kappa shape index (κ1) is 24.3. The van der Waals surface area contributed by atoms with E-state index >= 15 is 0 Å². The predicted octanol–water partition coefficient (Wildman–Crippen LogP) is 3.25. The Morgan fingerprint density at radius 1 is 1.06 bits per heavy atom. The van der Waals surface area contributed by atoms with Crippen LogP contribution >= 0.6 is 0 Å². The average Bonchev–Trinajstić information content (AvgIpc) is 3.13. The van der Waals surface area contributed by atoms with Gasteiger partial charge in [-0.25, -0.2) is 4.79 Å². The Labute approximate surface area is 193 Å². The average molecular weight is 455 g/mol. The van der Waals surface area contributed by atoms with E-state index in [9.17, 15) is 14.4 Å². The molecule has 1 aliphatic carbocycles. The number of carboxylic acids is 1. The van der Waals surface area contributed by atoms with Gasteiger partial charge in [0.2, 0.25) is 5.91 Å². The molecular weight excluding hydrogens is 424 g/mol. The molecule has 2 aromatic rings. The molecule has 2 N–H and O–H groups in total. The van der Waals surface area contributed by atoms with Gasteiger partial charge in [-0.1, -0.05) is 48.5 Å². The van der Waals surface area contributed by atoms with Crippen molar-refractivity contribution in [2.45, 2.75) is 37.8 Å². The molecule has 0 aliphatic heterocycles. The summed E-state index contributed by atoms with van der Waals surface area (Å²) in [5, 5.41) is 11.4. The van der Waals surface area contributed by atoms with Gasteiger partial charge in [0.1, 0.15) is 12.6 Å². The first-order valence-electron chi connectivity index (χ1n) is 10.9. The molecule has 176 valence electrons. The van der Waals surface area contributed by atoms with Crippen molar-refractivity contribution in [3.8, 4) is 11.1 Å². The number of carbonyl (C=O) groups is 3. The quantitative estimate of drug-likeness (QED) is 0.571. The fourth-order valence-corrected chi connectivity index (χ4v) is 4.10. The van der Waals surface area contributed by atoms with E-state index in [0.29, 0.717) is 6.42 Å². The van der Waals surface area contributed by atoms with Gasteiger partial charge in [0, 0.05) is 33.0 Å². The number of carbonyl (C=O) groups excluding carboxylic acids is 2. The first-order valence-corrected chi connectivity index (χ1v) is 10.9. The van der Waals surface area contributed by atoms with Crippen molar-refractivity contribution in [2.75, 3.05) is 27.3 Å². The third-order valence-corrected chi connectivity index (χ3v) is 5.98. The second-order valence-electron chi connectivity index (χ2n) is 8.15. The third-order valence-electron chi connectivity index (χ3n) is 5.98. The maximum Gasteiger partial charge on any atom is 0.407 e. The topological polar surface area (TPSA) is 105 Å². The molecule has 0 bridgehead atoms. The molecule has 0 fully saturated rings. The van der Waals surface area contributed by atoms with Gasteiger partial charge in [0.25, 0.3) is 0 Å². The summed E-state index contributed by atoms with van der Waals surface area (Å²) < 4.78 is 10.8. The van der Waals surface area contributed by atoms with Gasteiger partial charge >= 0.3 is 12.1 Å². The number of benzene rings is 2. The Hall–Kier alpha value is -3.39. The lowest BCUT2D eigenvalue weighted by molar-refractivity contribution is -0.139. The first-order chi connectivity index (χ1) is 15.8. The highest BCUT2D eigenvalue weighted by molar-refractivity contribution is 5.86. The molecule has 2 atom stereocenters. The van der Waals surface area contributed by atoms with Crippen LogP contribution in [0.25, 0.3) is 11.1 Å². The number of ether oxygens (including phenoxy) is 2. The zero-order chi connectivity index (χ0) is 24.0. The number of methoxy groups -OCH3 is 1. The van der Waals surface area contributed by atoms with Crippen LogP contribution in [0.5, 0.6) is 0 Å². The van der Waals surface area contributed by atoms with E-state index in [1.165, 1.54) is 12.0 Å². The molecular formula is C25H30N2O6. The fourth-order valence-electron chi connectivity index (χ4n) is 4.10. The van der Waals surface area contributed by atoms with Crippen LogP contribution in [-0.4, -0.2) is 67.4 Å². The highest BCUT2D eigenvalue weighted by Gasteiger charge is 2.32. The van der Waals surface area contributed by atoms with Gasteiger partial charge in [-0.2, -0.15) is 0 Å². The van der Waals surface area contributed by atoms with Crippen LogP contribution in [-0.2, 0) is 19.1 Å². The van der Waals surface area contributed by atoms with Gasteiger partial charge in [0.15, 0.2) is 0 Å². The normalized spacial score (nSPS) is 14.0. The molecule has 1 aliphatic rings. The summed E-state index contributed by atoms with van der Waals surface area (Å²) in [6, 6.07) is 15.1. The molecule has 8 heteroatoms. The van der Waals surface area contributed by atoms with Gasteiger partial charge < -0.3 is 24.8 Å². The molecule has 0 unspecified atom stereocenters. The number of hydrogen-bond acceptors (Lipinski definition) is 5. The molecule has 0 saturated carbocycles. The number of nitrogens with zero attached hydrogens (tertiary/aromatic N) is 1. The summed E-state index contributed by atoms with van der Waals surface area (Å²) in [5.41, 5.74) is 4.46. The lowest BCUT2D eigenvalue weighted by Crippen LogP contribution is -2.53. The molecule has 0 saturated heterocycles. The number of nitrogens with one attached hydrogen (secondary N) is 1. The standard InChI is InChI=1S/C25H30N2O6/c1-16(32-3)23(24(30)27(2)14-8-13-22(28)29)26-25(31)33-15-21-19-11-6-4-9-17(19)18-10-5-7-12-20(18)21/h4-7,9-12,16,21,23H,8,13-15H2,1-3H3,(H,26,31)(H,28,29)/t16-,23+/m1/s1. The third kappa shape index (κ3) is 5.70. The second kappa shape index (κ2) is 11.0. The van der Waals surface area contributed by atoms with Crippen LogP contribution in [0.2, 0.25) is 0 Å². The Bertz CT molecular complexity index is 962. The number of alkyl carbamates (subject to hydrolysis) is 1. The molecule has 2 amide bonds. The second-order valence-corrected chi connectivity index (χ2v) is 8.15. The summed E-state index contributed by atoms with van der Waals surface area (Å²) in [7, 11) is 3.02. The SMILES string of the molecule is CO[C@H](C)[C@H](NC(=O)OCC1c2ccccc2-c2ccccc21)C(=O)N(C)CCCC(=O)O. The Morgan fingerprint density at radius 3 is 2.18 bits per heavy atom. The van der Waals surface area contributed by atoms with Crippen molar-refractivity contribution < 1.29 is 29.0 Å². The minimum absolute atomic E-state index is 0.0398. The maximum atomic E-state index is 12.9. The van der Waals surface area contributed by atoms with E-state index in [4.69, 9.17) is 14.6 Å². The fraction of sp³-hybridized carbons (Fsp3) is 0.400. The summed E-state index contributed by atoms with van der Waals surface area (Å²) in [6.45, 7) is 2.07. The number of likely N-dealkylation sites (N-methyl/N-ethyl adjacent to an activating group) is 1. The number of carboxylic acid groups (broad SMARTS) is 1. The number of aliphatic carboxylic acids is 1. The minimum atomic E-state index is -0.958. The van der Waals surface area contributed by atoms with Crippen molar-refractivity contribution in [1.82, 2.24) is 10.2 Å². The van der Waals surface area contributed by atoms with E-state index in [1.807, 2.05) is 36.4 Å². The van der Waals surface area contributed by atoms with Crippen LogP contribution in [0.1, 0.15) is 36.8 Å². The van der Waals surface area contributed by atoms with Crippen LogP contribution in [0.3, 0.4) is 0 Å². The van der Waals surface area contributed by atoms with Crippen LogP contribution in [0.4, 0.5) is 4.79 Å². The molecule has 0 spiro atoms. The van der Waals surface area contributed by atoms with E-state index < -0.39 is 24.2 Å². The Balaban J connectivity index is 1.64. The van der Waals surface area contributed by atoms with Crippen molar-refractivity contribution in [1.29, 1.82) is 0 Å². The van der Waals surface area contributed by atoms with Gasteiger partial charge in [-0.3, -0.25) is 9.59 Å². The lowest BCUT2D eigenvalue weighted by Gasteiger charge is -2.28. The molecule has 0 radical (unpaired) electrons. The zero-order valence-corrected chi connectivity index (χ0v) is 19.1. The zero-order valence-electron chi connectivity index (χ0n) is 19.1. The van der Waals surface area contributed by atoms with E-state index in [1.54, 1.807) is 14.0 Å². The van der Waals surface area contributed by atoms with Crippen LogP contribution < -0.4 is 5.32 Å². The smallest absolute Gasteiger partial charge is 0.407 e. The molecule has 3 rings (SSSR count). The van der Waals surface area contributed by atoms with Crippen LogP contribution in [0, 0.1) is 0 Å². The van der Waals surface area contributed by atoms with Gasteiger partial charge in [-0.05, 0) is 35.6 Å². The molecule has 0 heterocycles. The minimum Gasteiger partial charge on any atom is -0.481 e. The van der Waals surface area contributed by atoms with Crippen molar-refractivity contribution in [3.63, 3.8) is 0 Å². The number of fused-ring (bicyclic) bond motifs is 3. The van der Waals surface area contributed by atoms with E-state index in [2.05, 4.69) is 17.4 Å². The number of rotatable bonds is 10. The summed E-state index contributed by atoms with van der Waals surface area (Å²) in [4.78, 5) is 37.6. The summed E-state index contributed by atoms with van der Waals surface area (Å²) >= 11 is 0. The Kier molecular flexibility index (Phi) is 8.06. The molecule has 0 aromatic heterocycles. The highest BCUT2D eigenvalue weighted by atomic mass is 16.5. The van der Waals surface area contributed by atoms with Crippen molar-refractivity contribution in [3.05, 3.63) is 59.7 Å². The summed E-state index contributed by atoms with van der Waals surface area (Å²) in [5.74, 6) is -1.38. The molecule has 33 heavy (non-hydrogen) atoms. The number of amides is 2. The predicted molar refractivity (Wildman–Crippen MR) is 123 cm³/mol. The van der Waals surface area contributed by atoms with Crippen molar-refractivity contribution in [2.24, 2.45) is 0 Å².